The van der Waals surface area contributed by atoms with E-state index in [0.717, 1.165) is 12.0 Å². The second kappa shape index (κ2) is 10.2. The van der Waals surface area contributed by atoms with E-state index in [4.69, 9.17) is 9.15 Å². The average molecular weight is 421 g/mol. The molecule has 2 aromatic carbocycles. The maximum Gasteiger partial charge on any atom is 0.339 e. The van der Waals surface area contributed by atoms with Crippen molar-refractivity contribution in [3.8, 4) is 22.8 Å². The minimum atomic E-state index is -0.729. The number of hydrogen-bond acceptors (Lipinski definition) is 6. The molecule has 1 aromatic heterocycles. The van der Waals surface area contributed by atoms with Gasteiger partial charge in [0, 0.05) is 11.6 Å². The third-order valence-corrected chi connectivity index (χ3v) is 4.52. The highest BCUT2D eigenvalue weighted by Gasteiger charge is 2.19. The number of imide groups is 1. The Bertz CT molecular complexity index is 1060. The molecule has 3 amide bonds. The summed E-state index contributed by atoms with van der Waals surface area (Å²) in [7, 11) is 0. The van der Waals surface area contributed by atoms with Crippen LogP contribution < -0.4 is 10.6 Å². The topological polar surface area (TPSA) is 111 Å². The summed E-state index contributed by atoms with van der Waals surface area (Å²) >= 11 is 0. The number of rotatable bonds is 7. The van der Waals surface area contributed by atoms with Gasteiger partial charge in [0.25, 0.3) is 5.91 Å². The normalized spacial score (nSPS) is 11.4. The highest BCUT2D eigenvalue weighted by atomic mass is 16.5. The van der Waals surface area contributed by atoms with Gasteiger partial charge in [0.05, 0.1) is 17.3 Å². The van der Waals surface area contributed by atoms with Crippen LogP contribution in [0.15, 0.2) is 65.2 Å². The van der Waals surface area contributed by atoms with Gasteiger partial charge in [-0.05, 0) is 25.5 Å². The highest BCUT2D eigenvalue weighted by Crippen LogP contribution is 2.28. The van der Waals surface area contributed by atoms with Gasteiger partial charge in [0.1, 0.15) is 0 Å². The fourth-order valence-corrected chi connectivity index (χ4v) is 2.72. The Balaban J connectivity index is 1.66. The summed E-state index contributed by atoms with van der Waals surface area (Å²) in [4.78, 5) is 40.4. The van der Waals surface area contributed by atoms with E-state index in [1.165, 1.54) is 0 Å². The molecule has 1 atom stereocenters. The third-order valence-electron chi connectivity index (χ3n) is 4.52. The maximum absolute atomic E-state index is 12.6. The molecule has 0 bridgehead atoms. The van der Waals surface area contributed by atoms with E-state index in [1.54, 1.807) is 30.5 Å². The lowest BCUT2D eigenvalue weighted by Crippen LogP contribution is -2.44. The molecule has 0 radical (unpaired) electrons. The van der Waals surface area contributed by atoms with Crippen LogP contribution in [0.4, 0.5) is 4.79 Å². The van der Waals surface area contributed by atoms with Gasteiger partial charge in [-0.15, -0.1) is 0 Å². The van der Waals surface area contributed by atoms with Crippen LogP contribution in [0.1, 0.15) is 30.6 Å². The second-order valence-corrected chi connectivity index (χ2v) is 6.85. The van der Waals surface area contributed by atoms with Crippen LogP contribution in [0.25, 0.3) is 22.8 Å². The fourth-order valence-electron chi connectivity index (χ4n) is 2.72. The van der Waals surface area contributed by atoms with Crippen molar-refractivity contribution in [2.24, 2.45) is 0 Å². The summed E-state index contributed by atoms with van der Waals surface area (Å²) in [6.45, 7) is 3.12. The number of carbonyl (C=O) groups excluding carboxylic acids is 3. The summed E-state index contributed by atoms with van der Waals surface area (Å²) < 4.78 is 10.9. The van der Waals surface area contributed by atoms with Crippen molar-refractivity contribution in [2.75, 3.05) is 6.61 Å². The molecule has 0 aliphatic heterocycles. The van der Waals surface area contributed by atoms with Crippen LogP contribution in [0.3, 0.4) is 0 Å². The molecular formula is C23H23N3O5. The van der Waals surface area contributed by atoms with Crippen LogP contribution in [-0.2, 0) is 9.53 Å². The fraction of sp³-hybridized carbons (Fsp3) is 0.217. The number of urea groups is 1. The number of aromatic nitrogens is 1. The molecule has 160 valence electrons. The third kappa shape index (κ3) is 5.79. The van der Waals surface area contributed by atoms with Crippen molar-refractivity contribution < 1.29 is 23.5 Å². The van der Waals surface area contributed by atoms with E-state index in [9.17, 15) is 14.4 Å². The van der Waals surface area contributed by atoms with E-state index in [-0.39, 0.29) is 17.5 Å². The van der Waals surface area contributed by atoms with Crippen LogP contribution >= 0.6 is 0 Å². The van der Waals surface area contributed by atoms with Crippen LogP contribution in [0, 0.1) is 0 Å². The Morgan fingerprint density at radius 3 is 2.52 bits per heavy atom. The van der Waals surface area contributed by atoms with Crippen molar-refractivity contribution in [2.45, 2.75) is 26.3 Å². The molecule has 1 heterocycles. The van der Waals surface area contributed by atoms with Crippen molar-refractivity contribution in [3.05, 3.63) is 66.4 Å². The SMILES string of the molecule is CC[C@@H](C)NC(=O)NC(=O)COC(=O)c1ccccc1-c1ncc(-c2ccccc2)o1. The molecule has 0 unspecified atom stereocenters. The molecule has 0 aliphatic rings. The van der Waals surface area contributed by atoms with Crippen molar-refractivity contribution in [1.29, 1.82) is 0 Å². The largest absolute Gasteiger partial charge is 0.452 e. The number of carbonyl (C=O) groups is 3. The van der Waals surface area contributed by atoms with Gasteiger partial charge >= 0.3 is 12.0 Å². The zero-order valence-corrected chi connectivity index (χ0v) is 17.3. The predicted molar refractivity (Wildman–Crippen MR) is 114 cm³/mol. The first kappa shape index (κ1) is 21.8. The molecular weight excluding hydrogens is 398 g/mol. The molecule has 0 spiro atoms. The minimum Gasteiger partial charge on any atom is -0.452 e. The van der Waals surface area contributed by atoms with Gasteiger partial charge in [0.15, 0.2) is 12.4 Å². The number of hydrogen-bond donors (Lipinski definition) is 2. The summed E-state index contributed by atoms with van der Waals surface area (Å²) in [6.07, 6.45) is 2.30. The Labute approximate surface area is 179 Å². The molecule has 2 N–H and O–H groups in total. The lowest BCUT2D eigenvalue weighted by atomic mass is 10.1. The molecule has 3 rings (SSSR count). The molecule has 0 saturated carbocycles. The first-order valence-corrected chi connectivity index (χ1v) is 9.86. The van der Waals surface area contributed by atoms with Gasteiger partial charge in [-0.1, -0.05) is 49.4 Å². The standard InChI is InChI=1S/C23H23N3O5/c1-3-15(2)25-23(29)26-20(27)14-30-22(28)18-12-8-7-11-17(18)21-24-13-19(31-21)16-9-5-4-6-10-16/h4-13,15H,3,14H2,1-2H3,(H2,25,26,27,29)/t15-/m1/s1. The van der Waals surface area contributed by atoms with E-state index in [1.807, 2.05) is 44.2 Å². The Morgan fingerprint density at radius 1 is 1.06 bits per heavy atom. The Hall–Kier alpha value is -3.94. The van der Waals surface area contributed by atoms with Gasteiger partial charge in [0.2, 0.25) is 5.89 Å². The zero-order chi connectivity index (χ0) is 22.2. The van der Waals surface area contributed by atoms with Gasteiger partial charge < -0.3 is 14.5 Å². The van der Waals surface area contributed by atoms with Gasteiger partial charge in [-0.3, -0.25) is 10.1 Å². The Kier molecular flexibility index (Phi) is 7.16. The number of ether oxygens (including phenoxy) is 1. The van der Waals surface area contributed by atoms with Crippen LogP contribution in [0.5, 0.6) is 0 Å². The van der Waals surface area contributed by atoms with Crippen molar-refractivity contribution in [3.63, 3.8) is 0 Å². The molecule has 3 aromatic rings. The number of nitrogens with one attached hydrogen (secondary N) is 2. The minimum absolute atomic E-state index is 0.0798. The average Bonchev–Trinajstić information content (AvgIpc) is 3.28. The van der Waals surface area contributed by atoms with E-state index < -0.39 is 24.5 Å². The van der Waals surface area contributed by atoms with Crippen LogP contribution in [-0.4, -0.2) is 35.5 Å². The van der Waals surface area contributed by atoms with E-state index in [2.05, 4.69) is 15.6 Å². The number of oxazole rings is 1. The quantitative estimate of drug-likeness (QED) is 0.562. The van der Waals surface area contributed by atoms with Gasteiger partial charge in [-0.25, -0.2) is 14.6 Å². The van der Waals surface area contributed by atoms with E-state index in [0.29, 0.717) is 11.3 Å². The molecule has 0 aliphatic carbocycles. The van der Waals surface area contributed by atoms with Crippen molar-refractivity contribution in [1.82, 2.24) is 15.6 Å². The monoisotopic (exact) mass is 421 g/mol. The number of amides is 3. The highest BCUT2D eigenvalue weighted by molar-refractivity contribution is 5.99. The predicted octanol–water partition coefficient (Wildman–Crippen LogP) is 3.79. The summed E-state index contributed by atoms with van der Waals surface area (Å²) in [5.74, 6) is -0.643. The smallest absolute Gasteiger partial charge is 0.339 e. The summed E-state index contributed by atoms with van der Waals surface area (Å²) in [5.41, 5.74) is 1.49. The molecule has 31 heavy (non-hydrogen) atoms. The lowest BCUT2D eigenvalue weighted by Gasteiger charge is -2.12. The summed E-state index contributed by atoms with van der Waals surface area (Å²) in [6, 6.07) is 15.4. The lowest BCUT2D eigenvalue weighted by molar-refractivity contribution is -0.123. The molecule has 0 saturated heterocycles. The van der Waals surface area contributed by atoms with Crippen molar-refractivity contribution >= 4 is 17.9 Å². The van der Waals surface area contributed by atoms with Crippen LogP contribution in [0.2, 0.25) is 0 Å². The first-order valence-electron chi connectivity index (χ1n) is 9.86. The van der Waals surface area contributed by atoms with E-state index >= 15 is 0 Å². The van der Waals surface area contributed by atoms with Gasteiger partial charge in [-0.2, -0.15) is 0 Å². The molecule has 0 fully saturated rings. The first-order chi connectivity index (χ1) is 15.0. The second-order valence-electron chi connectivity index (χ2n) is 6.85. The zero-order valence-electron chi connectivity index (χ0n) is 17.3. The molecule has 8 heteroatoms. The molecule has 8 nitrogen and oxygen atoms in total. The summed E-state index contributed by atoms with van der Waals surface area (Å²) in [5, 5.41) is 4.72. The number of benzene rings is 2. The maximum atomic E-state index is 12.6. The number of nitrogens with zero attached hydrogens (tertiary/aromatic N) is 1. The number of esters is 1. The Morgan fingerprint density at radius 2 is 1.77 bits per heavy atom.